The van der Waals surface area contributed by atoms with E-state index in [9.17, 15) is 0 Å². The lowest BCUT2D eigenvalue weighted by Gasteiger charge is -2.22. The third-order valence-corrected chi connectivity index (χ3v) is 15.8. The Morgan fingerprint density at radius 1 is 0.189 bits per heavy atom. The summed E-state index contributed by atoms with van der Waals surface area (Å²) in [5, 5.41) is 18.9. The van der Waals surface area contributed by atoms with Gasteiger partial charge in [0.1, 0.15) is 22.3 Å². The minimum absolute atomic E-state index is 0.878. The average Bonchev–Trinajstić information content (AvgIpc) is 4.07. The van der Waals surface area contributed by atoms with Gasteiger partial charge < -0.3 is 8.83 Å². The van der Waals surface area contributed by atoms with Gasteiger partial charge in [-0.2, -0.15) is 0 Å². The first-order chi connectivity index (χ1) is 36.7. The molecule has 0 aliphatic heterocycles. The predicted molar refractivity (Wildman–Crippen MR) is 313 cm³/mol. The molecule has 0 aliphatic rings. The zero-order chi connectivity index (χ0) is 48.4. The van der Waals surface area contributed by atoms with Crippen LogP contribution in [-0.2, 0) is 0 Å². The Bertz CT molecular complexity index is 4720. The third-order valence-electron chi connectivity index (χ3n) is 15.8. The van der Waals surface area contributed by atoms with Crippen LogP contribution in [0.25, 0.3) is 164 Å². The lowest BCUT2D eigenvalue weighted by molar-refractivity contribution is 0.668. The Kier molecular flexibility index (Phi) is 8.78. The molecule has 342 valence electrons. The standard InChI is InChI=1S/C72H42O2/c1-3-17-45-39-47(37-35-43(45)15-1)49-21-9-25-55-61(49)41-62-50(48-38-36-44-16-2-4-18-46(44)40-48)22-10-26-56(62)71(55)72-57-27-11-23-51(53-29-13-33-67-69(53)59-19-5-7-31-65(59)73-67)63(57)42-64-52(24-12-28-58(64)72)54-30-14-34-68-70(54)60-20-6-8-32-66(60)74-68/h1-42H. The maximum atomic E-state index is 6.57. The van der Waals surface area contributed by atoms with Crippen molar-refractivity contribution in [2.45, 2.75) is 0 Å². The van der Waals surface area contributed by atoms with Crippen molar-refractivity contribution in [3.8, 4) is 55.6 Å². The molecule has 0 atom stereocenters. The van der Waals surface area contributed by atoms with Gasteiger partial charge >= 0.3 is 0 Å². The Morgan fingerprint density at radius 3 is 0.959 bits per heavy atom. The normalized spacial score (nSPS) is 12.1. The molecule has 16 rings (SSSR count). The smallest absolute Gasteiger partial charge is 0.136 e. The molecular weight excluding hydrogens is 897 g/mol. The number of hydrogen-bond acceptors (Lipinski definition) is 2. The Morgan fingerprint density at radius 2 is 0.514 bits per heavy atom. The monoisotopic (exact) mass is 938 g/mol. The van der Waals surface area contributed by atoms with Crippen molar-refractivity contribution in [1.29, 1.82) is 0 Å². The fraction of sp³-hybridized carbons (Fsp3) is 0. The molecule has 74 heavy (non-hydrogen) atoms. The second kappa shape index (κ2) is 15.9. The first-order valence-corrected chi connectivity index (χ1v) is 25.5. The summed E-state index contributed by atoms with van der Waals surface area (Å²) in [4.78, 5) is 0. The first-order valence-electron chi connectivity index (χ1n) is 25.5. The van der Waals surface area contributed by atoms with Gasteiger partial charge in [0.25, 0.3) is 0 Å². The zero-order valence-corrected chi connectivity index (χ0v) is 40.1. The van der Waals surface area contributed by atoms with E-state index in [1.165, 1.54) is 98.0 Å². The highest BCUT2D eigenvalue weighted by atomic mass is 16.3. The van der Waals surface area contributed by atoms with E-state index in [0.29, 0.717) is 0 Å². The van der Waals surface area contributed by atoms with Crippen LogP contribution in [0.5, 0.6) is 0 Å². The molecule has 0 aliphatic carbocycles. The van der Waals surface area contributed by atoms with Gasteiger partial charge in [-0.15, -0.1) is 0 Å². The van der Waals surface area contributed by atoms with Crippen LogP contribution >= 0.6 is 0 Å². The van der Waals surface area contributed by atoms with Crippen LogP contribution in [0, 0.1) is 0 Å². The van der Waals surface area contributed by atoms with Gasteiger partial charge in [-0.3, -0.25) is 0 Å². The number of fused-ring (bicyclic) bond motifs is 12. The third kappa shape index (κ3) is 6.06. The predicted octanol–water partition coefficient (Wildman–Crippen LogP) is 20.7. The lowest BCUT2D eigenvalue weighted by Crippen LogP contribution is -1.94. The van der Waals surface area contributed by atoms with Crippen molar-refractivity contribution in [3.05, 3.63) is 255 Å². The molecule has 2 aromatic heterocycles. The maximum Gasteiger partial charge on any atom is 0.136 e. The molecule has 2 nitrogen and oxygen atoms in total. The minimum atomic E-state index is 0.878. The lowest BCUT2D eigenvalue weighted by atomic mass is 9.81. The molecule has 0 spiro atoms. The summed E-state index contributed by atoms with van der Waals surface area (Å²) >= 11 is 0. The van der Waals surface area contributed by atoms with E-state index in [1.807, 2.05) is 0 Å². The van der Waals surface area contributed by atoms with E-state index >= 15 is 0 Å². The average molecular weight is 939 g/mol. The summed E-state index contributed by atoms with van der Waals surface area (Å²) in [7, 11) is 0. The maximum absolute atomic E-state index is 6.57. The summed E-state index contributed by atoms with van der Waals surface area (Å²) in [6, 6.07) is 93.6. The van der Waals surface area contributed by atoms with Crippen molar-refractivity contribution < 1.29 is 8.83 Å². The van der Waals surface area contributed by atoms with Crippen LogP contribution in [-0.4, -0.2) is 0 Å². The highest BCUT2D eigenvalue weighted by Crippen LogP contribution is 2.51. The van der Waals surface area contributed by atoms with Crippen molar-refractivity contribution >= 4 is 109 Å². The van der Waals surface area contributed by atoms with Crippen LogP contribution in [0.1, 0.15) is 0 Å². The first kappa shape index (κ1) is 40.9. The second-order valence-corrected chi connectivity index (χ2v) is 19.8. The summed E-state index contributed by atoms with van der Waals surface area (Å²) in [5.41, 5.74) is 15.3. The SMILES string of the molecule is c1ccc2cc(-c3cccc4c(-c5c6cccc(-c7cccc8oc9ccccc9c78)c6cc6c(-c7cccc8oc9ccccc9c78)cccc56)c5cccc(-c6ccc7ccccc7c6)c5cc34)ccc2c1. The Labute approximate surface area is 425 Å². The molecule has 0 fully saturated rings. The fourth-order valence-corrected chi connectivity index (χ4v) is 12.6. The number of para-hydroxylation sites is 2. The number of furan rings is 2. The van der Waals surface area contributed by atoms with Crippen molar-refractivity contribution in [1.82, 2.24) is 0 Å². The quantitative estimate of drug-likeness (QED) is 0.161. The van der Waals surface area contributed by atoms with E-state index in [2.05, 4.69) is 255 Å². The highest BCUT2D eigenvalue weighted by Gasteiger charge is 2.24. The molecule has 0 radical (unpaired) electrons. The van der Waals surface area contributed by atoms with Gasteiger partial charge in [0, 0.05) is 21.5 Å². The van der Waals surface area contributed by atoms with Gasteiger partial charge in [-0.05, 0) is 169 Å². The highest BCUT2D eigenvalue weighted by molar-refractivity contribution is 6.30. The van der Waals surface area contributed by atoms with Crippen molar-refractivity contribution in [2.24, 2.45) is 0 Å². The molecule has 0 saturated heterocycles. The number of rotatable bonds is 5. The van der Waals surface area contributed by atoms with E-state index in [-0.39, 0.29) is 0 Å². The van der Waals surface area contributed by atoms with Crippen molar-refractivity contribution in [2.75, 3.05) is 0 Å². The Balaban J connectivity index is 1.09. The van der Waals surface area contributed by atoms with Crippen LogP contribution in [0.2, 0.25) is 0 Å². The topological polar surface area (TPSA) is 26.3 Å². The zero-order valence-electron chi connectivity index (χ0n) is 40.1. The van der Waals surface area contributed by atoms with Gasteiger partial charge in [-0.1, -0.05) is 206 Å². The molecule has 0 amide bonds. The van der Waals surface area contributed by atoms with E-state index in [4.69, 9.17) is 8.83 Å². The van der Waals surface area contributed by atoms with E-state index in [0.717, 1.165) is 66.1 Å². The van der Waals surface area contributed by atoms with Crippen LogP contribution in [0.3, 0.4) is 0 Å². The van der Waals surface area contributed by atoms with Gasteiger partial charge in [0.2, 0.25) is 0 Å². The molecule has 16 aromatic rings. The summed E-state index contributed by atoms with van der Waals surface area (Å²) < 4.78 is 13.1. The second-order valence-electron chi connectivity index (χ2n) is 19.8. The summed E-state index contributed by atoms with van der Waals surface area (Å²) in [6.45, 7) is 0. The molecule has 2 heterocycles. The van der Waals surface area contributed by atoms with Gasteiger partial charge in [0.05, 0.1) is 0 Å². The van der Waals surface area contributed by atoms with Crippen LogP contribution in [0.4, 0.5) is 0 Å². The van der Waals surface area contributed by atoms with E-state index in [1.54, 1.807) is 0 Å². The molecule has 0 unspecified atom stereocenters. The molecule has 14 aromatic carbocycles. The number of benzene rings is 14. The van der Waals surface area contributed by atoms with Gasteiger partial charge in [0.15, 0.2) is 0 Å². The van der Waals surface area contributed by atoms with Crippen LogP contribution in [0.15, 0.2) is 264 Å². The van der Waals surface area contributed by atoms with E-state index < -0.39 is 0 Å². The summed E-state index contributed by atoms with van der Waals surface area (Å²) in [6.07, 6.45) is 0. The van der Waals surface area contributed by atoms with Crippen LogP contribution < -0.4 is 0 Å². The molecule has 0 N–H and O–H groups in total. The summed E-state index contributed by atoms with van der Waals surface area (Å²) in [5.74, 6) is 0. The molecular formula is C72H42O2. The molecule has 0 saturated carbocycles. The Hall–Kier alpha value is -9.76. The molecule has 0 bridgehead atoms. The largest absolute Gasteiger partial charge is 0.456 e. The minimum Gasteiger partial charge on any atom is -0.456 e. The van der Waals surface area contributed by atoms with Crippen molar-refractivity contribution in [3.63, 3.8) is 0 Å². The fourth-order valence-electron chi connectivity index (χ4n) is 12.6. The van der Waals surface area contributed by atoms with Gasteiger partial charge in [-0.25, -0.2) is 0 Å². The number of hydrogen-bond donors (Lipinski definition) is 0. The molecule has 2 heteroatoms.